The van der Waals surface area contributed by atoms with Crippen molar-refractivity contribution in [2.24, 2.45) is 7.05 Å². The second kappa shape index (κ2) is 8.63. The van der Waals surface area contributed by atoms with Crippen molar-refractivity contribution in [3.8, 4) is 23.1 Å². The lowest BCUT2D eigenvalue weighted by atomic mass is 9.96. The summed E-state index contributed by atoms with van der Waals surface area (Å²) < 4.78 is 8.03. The molecule has 5 heteroatoms. The van der Waals surface area contributed by atoms with Gasteiger partial charge >= 0.3 is 0 Å². The Balaban J connectivity index is 1.91. The summed E-state index contributed by atoms with van der Waals surface area (Å²) in [6, 6.07) is 25.1. The molecule has 0 spiro atoms. The van der Waals surface area contributed by atoms with E-state index in [1.807, 2.05) is 78.3 Å². The fourth-order valence-corrected chi connectivity index (χ4v) is 4.34. The number of ether oxygens (including phenoxy) is 1. The number of aromatic nitrogens is 1. The molecule has 1 heterocycles. The Morgan fingerprint density at radius 2 is 1.77 bits per heavy atom. The molecule has 1 aromatic heterocycles. The van der Waals surface area contributed by atoms with Gasteiger partial charge in [0.15, 0.2) is 0 Å². The van der Waals surface area contributed by atoms with Crippen LogP contribution in [0.5, 0.6) is 5.75 Å². The maximum atomic E-state index is 13.7. The topological polar surface area (TPSA) is 55.0 Å². The van der Waals surface area contributed by atoms with Crippen molar-refractivity contribution in [1.29, 1.82) is 5.26 Å². The van der Waals surface area contributed by atoms with E-state index in [4.69, 9.17) is 4.74 Å². The molecule has 0 atom stereocenters. The Hall–Kier alpha value is -3.62. The number of nitriles is 1. The number of para-hydroxylation sites is 1. The molecule has 0 bridgehead atoms. The summed E-state index contributed by atoms with van der Waals surface area (Å²) in [7, 11) is 3.53. The van der Waals surface area contributed by atoms with Gasteiger partial charge in [0.25, 0.3) is 0 Å². The summed E-state index contributed by atoms with van der Waals surface area (Å²) in [6.07, 6.45) is 1.61. The Morgan fingerprint density at radius 3 is 2.45 bits per heavy atom. The van der Waals surface area contributed by atoms with Crippen LogP contribution < -0.4 is 4.74 Å². The van der Waals surface area contributed by atoms with E-state index < -0.39 is 0 Å². The summed E-state index contributed by atoms with van der Waals surface area (Å²) in [5.74, 6) is 0.382. The van der Waals surface area contributed by atoms with Crippen LogP contribution in [0.1, 0.15) is 15.9 Å². The zero-order chi connectivity index (χ0) is 22.0. The molecule has 0 saturated carbocycles. The molecular weight excluding hydrogens is 452 g/mol. The largest absolute Gasteiger partial charge is 0.496 e. The number of benzene rings is 3. The number of aryl methyl sites for hydroxylation is 1. The predicted octanol–water partition coefficient (Wildman–Crippen LogP) is 6.41. The summed E-state index contributed by atoms with van der Waals surface area (Å²) in [6.45, 7) is 0. The normalized spacial score (nSPS) is 11.4. The van der Waals surface area contributed by atoms with E-state index in [0.717, 1.165) is 32.2 Å². The molecule has 0 radical (unpaired) electrons. The van der Waals surface area contributed by atoms with Crippen molar-refractivity contribution in [3.05, 3.63) is 94.0 Å². The number of carbonyl (C=O) groups excluding carboxylic acids is 1. The van der Waals surface area contributed by atoms with Gasteiger partial charge in [-0.1, -0.05) is 54.6 Å². The molecule has 0 aliphatic rings. The van der Waals surface area contributed by atoms with Crippen LogP contribution in [0, 0.1) is 11.3 Å². The second-order valence-electron chi connectivity index (χ2n) is 7.06. The van der Waals surface area contributed by atoms with E-state index in [1.165, 1.54) is 0 Å². The number of rotatable bonds is 5. The second-order valence-corrected chi connectivity index (χ2v) is 7.91. The number of hydrogen-bond donors (Lipinski definition) is 0. The highest BCUT2D eigenvalue weighted by Gasteiger charge is 2.24. The van der Waals surface area contributed by atoms with Crippen LogP contribution in [0.15, 0.2) is 82.8 Å². The van der Waals surface area contributed by atoms with Gasteiger partial charge < -0.3 is 9.30 Å². The fourth-order valence-electron chi connectivity index (χ4n) is 3.78. The first kappa shape index (κ1) is 20.6. The molecule has 152 valence electrons. The molecular formula is C26H19BrN2O2. The predicted molar refractivity (Wildman–Crippen MR) is 127 cm³/mol. The van der Waals surface area contributed by atoms with Gasteiger partial charge in [0.1, 0.15) is 17.4 Å². The van der Waals surface area contributed by atoms with Crippen LogP contribution in [-0.2, 0) is 7.05 Å². The van der Waals surface area contributed by atoms with Crippen molar-refractivity contribution in [3.63, 3.8) is 0 Å². The quantitative estimate of drug-likeness (QED) is 0.192. The number of methoxy groups -OCH3 is 1. The van der Waals surface area contributed by atoms with E-state index in [9.17, 15) is 10.1 Å². The van der Waals surface area contributed by atoms with Gasteiger partial charge in [-0.05, 0) is 51.3 Å². The molecule has 0 aliphatic heterocycles. The molecule has 0 fully saturated rings. The first-order valence-electron chi connectivity index (χ1n) is 9.68. The van der Waals surface area contributed by atoms with Crippen LogP contribution in [0.4, 0.5) is 0 Å². The molecule has 31 heavy (non-hydrogen) atoms. The highest BCUT2D eigenvalue weighted by atomic mass is 79.9. The average Bonchev–Trinajstić information content (AvgIpc) is 3.10. The van der Waals surface area contributed by atoms with Crippen molar-refractivity contribution in [2.45, 2.75) is 0 Å². The van der Waals surface area contributed by atoms with Gasteiger partial charge in [-0.2, -0.15) is 5.26 Å². The lowest BCUT2D eigenvalue weighted by Crippen LogP contribution is -2.05. The number of nitrogens with zero attached hydrogens (tertiary/aromatic N) is 2. The van der Waals surface area contributed by atoms with Gasteiger partial charge in [0, 0.05) is 18.0 Å². The minimum atomic E-state index is -0.301. The Bertz CT molecular complexity index is 1360. The van der Waals surface area contributed by atoms with Crippen LogP contribution in [-0.4, -0.2) is 17.5 Å². The van der Waals surface area contributed by atoms with E-state index in [1.54, 1.807) is 19.3 Å². The molecule has 0 saturated heterocycles. The summed E-state index contributed by atoms with van der Waals surface area (Å²) in [4.78, 5) is 13.7. The van der Waals surface area contributed by atoms with E-state index in [0.29, 0.717) is 11.3 Å². The molecule has 4 aromatic rings. The van der Waals surface area contributed by atoms with Gasteiger partial charge in [-0.25, -0.2) is 0 Å². The van der Waals surface area contributed by atoms with Crippen LogP contribution in [0.3, 0.4) is 0 Å². The van der Waals surface area contributed by atoms with Crippen molar-refractivity contribution < 1.29 is 9.53 Å². The standard InChI is InChI=1S/C26H19BrN2O2/c1-29-22-11-7-6-10-20(22)24(25(29)18-8-4-3-5-9-18)26(30)19(16-28)14-17-12-13-23(31-2)21(27)15-17/h3-15H,1-2H3. The number of Topliss-reactive ketones (excluding diaryl/α,β-unsaturated/α-hetero) is 1. The Kier molecular flexibility index (Phi) is 5.75. The van der Waals surface area contributed by atoms with Crippen LogP contribution in [0.25, 0.3) is 28.2 Å². The van der Waals surface area contributed by atoms with E-state index >= 15 is 0 Å². The summed E-state index contributed by atoms with van der Waals surface area (Å²) in [5, 5.41) is 10.7. The maximum absolute atomic E-state index is 13.7. The molecule has 0 amide bonds. The van der Waals surface area contributed by atoms with Crippen molar-refractivity contribution in [2.75, 3.05) is 7.11 Å². The lowest BCUT2D eigenvalue weighted by Gasteiger charge is -2.08. The number of halogens is 1. The minimum Gasteiger partial charge on any atom is -0.496 e. The van der Waals surface area contributed by atoms with Gasteiger partial charge in [-0.3, -0.25) is 4.79 Å². The third-order valence-corrected chi connectivity index (χ3v) is 5.85. The third-order valence-electron chi connectivity index (χ3n) is 5.23. The van der Waals surface area contributed by atoms with E-state index in [-0.39, 0.29) is 11.4 Å². The van der Waals surface area contributed by atoms with Crippen LogP contribution >= 0.6 is 15.9 Å². The van der Waals surface area contributed by atoms with Gasteiger partial charge in [0.05, 0.1) is 22.8 Å². The van der Waals surface area contributed by atoms with Gasteiger partial charge in [0.2, 0.25) is 5.78 Å². The SMILES string of the molecule is COc1ccc(C=C(C#N)C(=O)c2c(-c3ccccc3)n(C)c3ccccc23)cc1Br. The number of hydrogen-bond acceptors (Lipinski definition) is 3. The van der Waals surface area contributed by atoms with E-state index in [2.05, 4.69) is 22.0 Å². The zero-order valence-electron chi connectivity index (χ0n) is 17.1. The molecule has 0 N–H and O–H groups in total. The zero-order valence-corrected chi connectivity index (χ0v) is 18.7. The Labute approximate surface area is 189 Å². The number of fused-ring (bicyclic) bond motifs is 1. The molecule has 4 rings (SSSR count). The molecule has 3 aromatic carbocycles. The van der Waals surface area contributed by atoms with Crippen molar-refractivity contribution >= 4 is 38.7 Å². The number of carbonyl (C=O) groups is 1. The maximum Gasteiger partial charge on any atom is 0.206 e. The summed E-state index contributed by atoms with van der Waals surface area (Å²) >= 11 is 3.45. The number of allylic oxidation sites excluding steroid dienone is 1. The first-order chi connectivity index (χ1) is 15.0. The molecule has 4 nitrogen and oxygen atoms in total. The van der Waals surface area contributed by atoms with Crippen LogP contribution in [0.2, 0.25) is 0 Å². The Morgan fingerprint density at radius 1 is 1.06 bits per heavy atom. The van der Waals surface area contributed by atoms with Gasteiger partial charge in [-0.15, -0.1) is 0 Å². The monoisotopic (exact) mass is 470 g/mol. The fraction of sp³-hybridized carbons (Fsp3) is 0.0769. The lowest BCUT2D eigenvalue weighted by molar-refractivity contribution is 0.104. The number of ketones is 1. The van der Waals surface area contributed by atoms with Crippen molar-refractivity contribution in [1.82, 2.24) is 4.57 Å². The smallest absolute Gasteiger partial charge is 0.206 e. The summed E-state index contributed by atoms with van der Waals surface area (Å²) in [5.41, 5.74) is 4.00. The minimum absolute atomic E-state index is 0.0746. The first-order valence-corrected chi connectivity index (χ1v) is 10.5. The molecule has 0 aliphatic carbocycles. The highest BCUT2D eigenvalue weighted by molar-refractivity contribution is 9.10. The third kappa shape index (κ3) is 3.78. The molecule has 0 unspecified atom stereocenters. The average molecular weight is 471 g/mol. The highest BCUT2D eigenvalue weighted by Crippen LogP contribution is 2.35.